The second-order valence-electron chi connectivity index (χ2n) is 6.01. The monoisotopic (exact) mass is 277 g/mol. The van der Waals surface area contributed by atoms with E-state index >= 15 is 0 Å². The Balaban J connectivity index is 1.84. The van der Waals surface area contributed by atoms with E-state index in [0.717, 1.165) is 24.3 Å². The van der Waals surface area contributed by atoms with E-state index in [1.165, 1.54) is 23.5 Å². The lowest BCUT2D eigenvalue weighted by Gasteiger charge is -2.18. The maximum atomic E-state index is 3.70. The van der Waals surface area contributed by atoms with Crippen molar-refractivity contribution in [1.82, 2.24) is 5.32 Å². The maximum absolute atomic E-state index is 3.70. The van der Waals surface area contributed by atoms with E-state index in [1.54, 1.807) is 0 Å². The summed E-state index contributed by atoms with van der Waals surface area (Å²) < 4.78 is 0. The Labute approximate surface area is 122 Å². The molecule has 0 saturated heterocycles. The first-order valence-corrected chi connectivity index (χ1v) is 8.74. The van der Waals surface area contributed by atoms with Crippen LogP contribution in [0.3, 0.4) is 0 Å². The molecule has 1 N–H and O–H groups in total. The second kappa shape index (κ2) is 7.35. The Morgan fingerprint density at radius 2 is 1.95 bits per heavy atom. The highest BCUT2D eigenvalue weighted by Gasteiger charge is 2.43. The molecule has 106 valence electrons. The van der Waals surface area contributed by atoms with Crippen LogP contribution in [0.1, 0.15) is 38.7 Å². The molecule has 1 aromatic carbocycles. The number of benzene rings is 1. The minimum atomic E-state index is 0.693. The van der Waals surface area contributed by atoms with E-state index in [9.17, 15) is 0 Å². The van der Waals surface area contributed by atoms with Crippen molar-refractivity contribution in [2.75, 3.05) is 18.1 Å². The lowest BCUT2D eigenvalue weighted by Crippen LogP contribution is -2.34. The molecule has 1 aliphatic carbocycles. The fourth-order valence-corrected chi connectivity index (χ4v) is 4.00. The molecule has 3 atom stereocenters. The highest BCUT2D eigenvalue weighted by molar-refractivity contribution is 7.99. The third kappa shape index (κ3) is 4.54. The Bertz CT molecular complexity index is 363. The number of hydrogen-bond donors (Lipinski definition) is 1. The SMILES string of the molecule is CCNC(CSCC(C)C)C1CC1c1ccccc1. The zero-order chi connectivity index (χ0) is 13.7. The predicted molar refractivity (Wildman–Crippen MR) is 86.9 cm³/mol. The summed E-state index contributed by atoms with van der Waals surface area (Å²) in [5.41, 5.74) is 1.53. The molecule has 0 radical (unpaired) electrons. The van der Waals surface area contributed by atoms with Gasteiger partial charge in [0.2, 0.25) is 0 Å². The fourth-order valence-electron chi connectivity index (χ4n) is 2.77. The molecule has 0 heterocycles. The van der Waals surface area contributed by atoms with Gasteiger partial charge in [-0.1, -0.05) is 51.1 Å². The van der Waals surface area contributed by atoms with Crippen molar-refractivity contribution in [3.8, 4) is 0 Å². The summed E-state index contributed by atoms with van der Waals surface area (Å²) in [7, 11) is 0. The van der Waals surface area contributed by atoms with Crippen molar-refractivity contribution in [1.29, 1.82) is 0 Å². The topological polar surface area (TPSA) is 12.0 Å². The van der Waals surface area contributed by atoms with Gasteiger partial charge in [-0.15, -0.1) is 0 Å². The van der Waals surface area contributed by atoms with E-state index in [-0.39, 0.29) is 0 Å². The summed E-state index contributed by atoms with van der Waals surface area (Å²) in [5.74, 6) is 4.99. The Morgan fingerprint density at radius 3 is 2.58 bits per heavy atom. The van der Waals surface area contributed by atoms with Crippen LogP contribution in [0.2, 0.25) is 0 Å². The molecule has 1 aromatic rings. The molecule has 3 unspecified atom stereocenters. The minimum Gasteiger partial charge on any atom is -0.313 e. The Morgan fingerprint density at radius 1 is 1.21 bits per heavy atom. The molecule has 0 spiro atoms. The van der Waals surface area contributed by atoms with Crippen molar-refractivity contribution >= 4 is 11.8 Å². The zero-order valence-electron chi connectivity index (χ0n) is 12.4. The average molecular weight is 277 g/mol. The van der Waals surface area contributed by atoms with Crippen LogP contribution in [0, 0.1) is 11.8 Å². The van der Waals surface area contributed by atoms with Crippen LogP contribution in [-0.4, -0.2) is 24.1 Å². The van der Waals surface area contributed by atoms with Crippen molar-refractivity contribution in [3.63, 3.8) is 0 Å². The molecule has 0 bridgehead atoms. The summed E-state index contributed by atoms with van der Waals surface area (Å²) in [4.78, 5) is 0. The highest BCUT2D eigenvalue weighted by atomic mass is 32.2. The number of nitrogens with one attached hydrogen (secondary N) is 1. The average Bonchev–Trinajstić information content (AvgIpc) is 3.18. The van der Waals surface area contributed by atoms with Crippen LogP contribution in [0.5, 0.6) is 0 Å². The molecule has 1 saturated carbocycles. The summed E-state index contributed by atoms with van der Waals surface area (Å²) in [6, 6.07) is 11.7. The van der Waals surface area contributed by atoms with E-state index in [4.69, 9.17) is 0 Å². The summed E-state index contributed by atoms with van der Waals surface area (Å²) in [6.45, 7) is 7.92. The van der Waals surface area contributed by atoms with Crippen LogP contribution >= 0.6 is 11.8 Å². The summed E-state index contributed by atoms with van der Waals surface area (Å²) in [6.07, 6.45) is 1.36. The molecular formula is C17H27NS. The van der Waals surface area contributed by atoms with Gasteiger partial charge in [0.1, 0.15) is 0 Å². The molecule has 19 heavy (non-hydrogen) atoms. The smallest absolute Gasteiger partial charge is 0.0192 e. The van der Waals surface area contributed by atoms with Gasteiger partial charge in [-0.3, -0.25) is 0 Å². The predicted octanol–water partition coefficient (Wildman–Crippen LogP) is 4.16. The van der Waals surface area contributed by atoms with Crippen molar-refractivity contribution in [2.24, 2.45) is 11.8 Å². The van der Waals surface area contributed by atoms with Crippen LogP contribution < -0.4 is 5.32 Å². The lowest BCUT2D eigenvalue weighted by molar-refractivity contribution is 0.509. The number of rotatable bonds is 8. The molecule has 2 rings (SSSR count). The van der Waals surface area contributed by atoms with Crippen LogP contribution in [0.25, 0.3) is 0 Å². The third-order valence-electron chi connectivity index (χ3n) is 3.80. The van der Waals surface area contributed by atoms with Crippen LogP contribution in [0.4, 0.5) is 0 Å². The molecular weight excluding hydrogens is 250 g/mol. The normalized spacial score (nSPS) is 23.6. The molecule has 0 aliphatic heterocycles. The first-order chi connectivity index (χ1) is 9.22. The van der Waals surface area contributed by atoms with Gasteiger partial charge < -0.3 is 5.32 Å². The van der Waals surface area contributed by atoms with Crippen molar-refractivity contribution < 1.29 is 0 Å². The van der Waals surface area contributed by atoms with E-state index in [1.807, 2.05) is 0 Å². The maximum Gasteiger partial charge on any atom is 0.0192 e. The van der Waals surface area contributed by atoms with Crippen molar-refractivity contribution in [2.45, 2.75) is 39.2 Å². The first kappa shape index (κ1) is 14.9. The van der Waals surface area contributed by atoms with Crippen LogP contribution in [-0.2, 0) is 0 Å². The van der Waals surface area contributed by atoms with E-state index in [2.05, 4.69) is 68.2 Å². The molecule has 0 aromatic heterocycles. The minimum absolute atomic E-state index is 0.693. The molecule has 0 amide bonds. The van der Waals surface area contributed by atoms with Gasteiger partial charge in [0.15, 0.2) is 0 Å². The largest absolute Gasteiger partial charge is 0.313 e. The standard InChI is InChI=1S/C17H27NS/c1-4-18-17(12-19-11-13(2)3)16-10-15(16)14-8-6-5-7-9-14/h5-9,13,15-18H,4,10-12H2,1-3H3. The Kier molecular flexibility index (Phi) is 5.77. The third-order valence-corrected chi connectivity index (χ3v) is 5.30. The zero-order valence-corrected chi connectivity index (χ0v) is 13.2. The van der Waals surface area contributed by atoms with E-state index < -0.39 is 0 Å². The first-order valence-electron chi connectivity index (χ1n) is 7.58. The summed E-state index contributed by atoms with van der Waals surface area (Å²) >= 11 is 2.11. The lowest BCUT2D eigenvalue weighted by atomic mass is 10.1. The Hall–Kier alpha value is -0.470. The second-order valence-corrected chi connectivity index (χ2v) is 7.09. The van der Waals surface area contributed by atoms with Gasteiger partial charge in [0.05, 0.1) is 0 Å². The fraction of sp³-hybridized carbons (Fsp3) is 0.647. The van der Waals surface area contributed by atoms with Gasteiger partial charge in [-0.05, 0) is 42.0 Å². The summed E-state index contributed by atoms with van der Waals surface area (Å²) in [5, 5.41) is 3.70. The molecule has 1 fully saturated rings. The van der Waals surface area contributed by atoms with Gasteiger partial charge in [-0.25, -0.2) is 0 Å². The number of thioether (sulfide) groups is 1. The van der Waals surface area contributed by atoms with Crippen molar-refractivity contribution in [3.05, 3.63) is 35.9 Å². The van der Waals surface area contributed by atoms with Gasteiger partial charge in [-0.2, -0.15) is 11.8 Å². The molecule has 2 heteroatoms. The van der Waals surface area contributed by atoms with Gasteiger partial charge in [0, 0.05) is 11.8 Å². The highest BCUT2D eigenvalue weighted by Crippen LogP contribution is 2.49. The van der Waals surface area contributed by atoms with Gasteiger partial charge >= 0.3 is 0 Å². The molecule has 1 nitrogen and oxygen atoms in total. The van der Waals surface area contributed by atoms with Gasteiger partial charge in [0.25, 0.3) is 0 Å². The molecule has 1 aliphatic rings. The quantitative estimate of drug-likeness (QED) is 0.766. The van der Waals surface area contributed by atoms with E-state index in [0.29, 0.717) is 6.04 Å². The van der Waals surface area contributed by atoms with Crippen LogP contribution in [0.15, 0.2) is 30.3 Å². The number of hydrogen-bond acceptors (Lipinski definition) is 2.